The molecule has 2 nitrogen and oxygen atoms in total. The predicted molar refractivity (Wildman–Crippen MR) is 52.9 cm³/mol. The number of hydrogen-bond donors (Lipinski definition) is 0. The van der Waals surface area contributed by atoms with E-state index in [9.17, 15) is 0 Å². The second-order valence-electron chi connectivity index (χ2n) is 3.00. The van der Waals surface area contributed by atoms with E-state index in [1.165, 1.54) is 6.42 Å². The number of rotatable bonds is 5. The lowest BCUT2D eigenvalue weighted by Crippen LogP contribution is -2.04. The molecule has 0 aromatic carbocycles. The third-order valence-corrected chi connectivity index (χ3v) is 2.04. The third-order valence-electron chi connectivity index (χ3n) is 1.91. The molecule has 0 spiro atoms. The third kappa shape index (κ3) is 4.52. The van der Waals surface area contributed by atoms with Crippen LogP contribution in [0.1, 0.15) is 19.8 Å². The van der Waals surface area contributed by atoms with Gasteiger partial charge >= 0.3 is 0 Å². The highest BCUT2D eigenvalue weighted by Gasteiger charge is 2.37. The monoisotopic (exact) mass is 202 g/mol. The minimum Gasteiger partial charge on any atom is -0.367 e. The molecule has 1 saturated heterocycles. The van der Waals surface area contributed by atoms with Crippen LogP contribution in [0.5, 0.6) is 0 Å². The lowest BCUT2D eigenvalue weighted by atomic mass is 10.2. The Kier molecular flexibility index (Phi) is 5.22. The van der Waals surface area contributed by atoms with Gasteiger partial charge in [0.25, 0.3) is 0 Å². The van der Waals surface area contributed by atoms with Crippen molar-refractivity contribution in [2.24, 2.45) is 0 Å². The summed E-state index contributed by atoms with van der Waals surface area (Å²) in [5, 5.41) is 0. The number of alkyl halides is 1. The van der Waals surface area contributed by atoms with Crippen LogP contribution in [0.15, 0.2) is 0 Å². The van der Waals surface area contributed by atoms with Gasteiger partial charge in [-0.2, -0.15) is 0 Å². The maximum atomic E-state index is 5.37. The number of epoxide rings is 1. The first-order chi connectivity index (χ1) is 6.38. The first-order valence-corrected chi connectivity index (χ1v) is 5.16. The molecule has 0 N–H and O–H groups in total. The van der Waals surface area contributed by atoms with E-state index in [1.807, 2.05) is 0 Å². The first-order valence-electron chi connectivity index (χ1n) is 4.63. The molecule has 0 aromatic rings. The van der Waals surface area contributed by atoms with E-state index in [1.54, 1.807) is 0 Å². The summed E-state index contributed by atoms with van der Waals surface area (Å²) < 4.78 is 10.6. The molecular formula is C10H15ClO2. The molecule has 0 saturated carbocycles. The second-order valence-corrected chi connectivity index (χ2v) is 3.27. The van der Waals surface area contributed by atoms with E-state index in [-0.39, 0.29) is 0 Å². The van der Waals surface area contributed by atoms with E-state index < -0.39 is 0 Å². The van der Waals surface area contributed by atoms with Crippen LogP contribution in [0.4, 0.5) is 0 Å². The summed E-state index contributed by atoms with van der Waals surface area (Å²) in [5.41, 5.74) is 0. The van der Waals surface area contributed by atoms with Crippen molar-refractivity contribution in [3.05, 3.63) is 0 Å². The highest BCUT2D eigenvalue weighted by Crippen LogP contribution is 2.26. The van der Waals surface area contributed by atoms with Crippen LogP contribution in [0.2, 0.25) is 0 Å². The lowest BCUT2D eigenvalue weighted by Gasteiger charge is -1.94. The summed E-state index contributed by atoms with van der Waals surface area (Å²) in [4.78, 5) is 0. The van der Waals surface area contributed by atoms with Crippen molar-refractivity contribution in [2.45, 2.75) is 32.0 Å². The minimum atomic E-state index is 0.317. The van der Waals surface area contributed by atoms with E-state index in [4.69, 9.17) is 21.1 Å². The molecule has 0 unspecified atom stereocenters. The molecule has 2 atom stereocenters. The van der Waals surface area contributed by atoms with Crippen molar-refractivity contribution in [1.29, 1.82) is 0 Å². The average molecular weight is 203 g/mol. The van der Waals surface area contributed by atoms with Gasteiger partial charge in [-0.1, -0.05) is 25.2 Å². The molecule has 0 amide bonds. The van der Waals surface area contributed by atoms with Crippen molar-refractivity contribution in [3.63, 3.8) is 0 Å². The van der Waals surface area contributed by atoms with Crippen LogP contribution < -0.4 is 0 Å². The molecule has 13 heavy (non-hydrogen) atoms. The standard InChI is InChI=1S/C10H15ClO2/c1-2-5-9-10(13-9)8-12-7-4-3-6-11/h9-10H,2,5-8H2,1H3/t9-,10+/m1/s1. The Balaban J connectivity index is 1.91. The van der Waals surface area contributed by atoms with Crippen LogP contribution in [-0.2, 0) is 9.47 Å². The predicted octanol–water partition coefficient (Wildman–Crippen LogP) is 1.81. The van der Waals surface area contributed by atoms with E-state index >= 15 is 0 Å². The Morgan fingerprint density at radius 3 is 2.92 bits per heavy atom. The van der Waals surface area contributed by atoms with Gasteiger partial charge in [0.15, 0.2) is 0 Å². The highest BCUT2D eigenvalue weighted by atomic mass is 35.5. The Bertz CT molecular complexity index is 195. The zero-order valence-electron chi connectivity index (χ0n) is 7.88. The fraction of sp³-hybridized carbons (Fsp3) is 0.800. The second kappa shape index (κ2) is 6.26. The average Bonchev–Trinajstić information content (AvgIpc) is 2.84. The molecule has 0 radical (unpaired) electrons. The smallest absolute Gasteiger partial charge is 0.107 e. The van der Waals surface area contributed by atoms with Gasteiger partial charge in [0.2, 0.25) is 0 Å². The van der Waals surface area contributed by atoms with Crippen LogP contribution in [-0.4, -0.2) is 31.3 Å². The van der Waals surface area contributed by atoms with Crippen LogP contribution >= 0.6 is 11.6 Å². The summed E-state index contributed by atoms with van der Waals surface area (Å²) in [6.45, 7) is 3.29. The minimum absolute atomic E-state index is 0.317. The summed E-state index contributed by atoms with van der Waals surface area (Å²) in [6.07, 6.45) is 3.07. The first kappa shape index (κ1) is 10.8. The zero-order valence-corrected chi connectivity index (χ0v) is 8.64. The van der Waals surface area contributed by atoms with Gasteiger partial charge in [0, 0.05) is 0 Å². The lowest BCUT2D eigenvalue weighted by molar-refractivity contribution is 0.145. The van der Waals surface area contributed by atoms with Gasteiger partial charge in [-0.15, -0.1) is 11.6 Å². The number of halogens is 1. The molecule has 0 bridgehead atoms. The summed E-state index contributed by atoms with van der Waals surface area (Å²) in [7, 11) is 0. The topological polar surface area (TPSA) is 21.8 Å². The van der Waals surface area contributed by atoms with Crippen molar-refractivity contribution >= 4 is 11.6 Å². The van der Waals surface area contributed by atoms with Crippen molar-refractivity contribution in [2.75, 3.05) is 19.1 Å². The van der Waals surface area contributed by atoms with Gasteiger partial charge < -0.3 is 9.47 Å². The molecule has 1 aliphatic rings. The van der Waals surface area contributed by atoms with Crippen molar-refractivity contribution < 1.29 is 9.47 Å². The molecule has 1 heterocycles. The fourth-order valence-electron chi connectivity index (χ4n) is 1.19. The largest absolute Gasteiger partial charge is 0.367 e. The zero-order chi connectivity index (χ0) is 9.52. The number of ether oxygens (including phenoxy) is 2. The van der Waals surface area contributed by atoms with Gasteiger partial charge in [0.1, 0.15) is 12.7 Å². The molecule has 74 valence electrons. The van der Waals surface area contributed by atoms with Crippen LogP contribution in [0, 0.1) is 11.8 Å². The molecule has 1 rings (SSSR count). The normalized spacial score (nSPS) is 25.1. The van der Waals surface area contributed by atoms with E-state index in [0.717, 1.165) is 6.42 Å². The molecule has 0 aliphatic carbocycles. The van der Waals surface area contributed by atoms with Crippen LogP contribution in [0.25, 0.3) is 0 Å². The van der Waals surface area contributed by atoms with Crippen molar-refractivity contribution in [3.8, 4) is 11.8 Å². The fourth-order valence-corrected chi connectivity index (χ4v) is 1.28. The Morgan fingerprint density at radius 2 is 2.23 bits per heavy atom. The molecule has 3 heteroatoms. The quantitative estimate of drug-likeness (QED) is 0.294. The van der Waals surface area contributed by atoms with Gasteiger partial charge in [0.05, 0.1) is 18.6 Å². The molecular weight excluding hydrogens is 188 g/mol. The summed E-state index contributed by atoms with van der Waals surface area (Å²) in [5.74, 6) is 5.91. The highest BCUT2D eigenvalue weighted by molar-refractivity contribution is 6.19. The van der Waals surface area contributed by atoms with Crippen molar-refractivity contribution in [1.82, 2.24) is 0 Å². The Labute approximate surface area is 84.5 Å². The molecule has 1 fully saturated rings. The van der Waals surface area contributed by atoms with Gasteiger partial charge in [-0.3, -0.25) is 0 Å². The molecule has 0 aromatic heterocycles. The number of hydrogen-bond acceptors (Lipinski definition) is 2. The van der Waals surface area contributed by atoms with Gasteiger partial charge in [-0.05, 0) is 6.42 Å². The Hall–Kier alpha value is -0.230. The summed E-state index contributed by atoms with van der Waals surface area (Å²) in [6, 6.07) is 0. The van der Waals surface area contributed by atoms with Gasteiger partial charge in [-0.25, -0.2) is 0 Å². The molecule has 1 aliphatic heterocycles. The maximum Gasteiger partial charge on any atom is 0.107 e. The Morgan fingerprint density at radius 1 is 1.38 bits per heavy atom. The van der Waals surface area contributed by atoms with E-state index in [2.05, 4.69) is 18.8 Å². The summed E-state index contributed by atoms with van der Waals surface area (Å²) >= 11 is 5.37. The van der Waals surface area contributed by atoms with E-state index in [0.29, 0.717) is 31.3 Å². The maximum absolute atomic E-state index is 5.37. The SMILES string of the molecule is CCC[C@H]1O[C@H]1COCC#CCCl. The van der Waals surface area contributed by atoms with Crippen LogP contribution in [0.3, 0.4) is 0 Å².